The molecule has 0 aromatic heterocycles. The van der Waals surface area contributed by atoms with Crippen LogP contribution in [0.25, 0.3) is 22.3 Å². The van der Waals surface area contributed by atoms with Crippen molar-refractivity contribution in [2.75, 3.05) is 6.61 Å². The smallest absolute Gasteiger partial charge is 0.434 e. The van der Waals surface area contributed by atoms with Gasteiger partial charge in [-0.05, 0) is 29.2 Å². The van der Waals surface area contributed by atoms with Crippen molar-refractivity contribution >= 4 is 6.16 Å². The molecule has 0 aliphatic rings. The Morgan fingerprint density at radius 1 is 0.750 bits per heavy atom. The third kappa shape index (κ3) is 5.23. The Hall–Kier alpha value is -3.07. The molecule has 0 aliphatic carbocycles. The van der Waals surface area contributed by atoms with Crippen molar-refractivity contribution in [1.29, 1.82) is 0 Å². The Morgan fingerprint density at radius 3 is 2.11 bits per heavy atom. The molecule has 0 amide bonds. The maximum atomic E-state index is 12.2. The highest BCUT2D eigenvalue weighted by Crippen LogP contribution is 2.39. The van der Waals surface area contributed by atoms with Crippen LogP contribution >= 0.6 is 0 Å². The van der Waals surface area contributed by atoms with Crippen molar-refractivity contribution in [3.8, 4) is 28.0 Å². The standard InChI is InChI=1S/C25H26O3/c1-2-3-4-11-19-27-25(26)28-23-18-12-17-22(20-13-7-5-8-14-20)24(23)21-15-9-6-10-16-21/h5-10,12-18H,2-4,11,19H2,1H3. The molecule has 0 saturated carbocycles. The monoisotopic (exact) mass is 374 g/mol. The molecule has 0 saturated heterocycles. The molecule has 0 heterocycles. The molecular formula is C25H26O3. The summed E-state index contributed by atoms with van der Waals surface area (Å²) in [7, 11) is 0. The molecule has 144 valence electrons. The van der Waals surface area contributed by atoms with E-state index in [0.717, 1.165) is 47.9 Å². The van der Waals surface area contributed by atoms with Crippen LogP contribution < -0.4 is 4.74 Å². The number of unbranched alkanes of at least 4 members (excludes halogenated alkanes) is 3. The molecule has 0 fully saturated rings. The molecule has 3 rings (SSSR count). The summed E-state index contributed by atoms with van der Waals surface area (Å²) in [4.78, 5) is 12.2. The van der Waals surface area contributed by atoms with Crippen molar-refractivity contribution in [3.05, 3.63) is 78.9 Å². The minimum atomic E-state index is -0.654. The van der Waals surface area contributed by atoms with Crippen LogP contribution in [-0.4, -0.2) is 12.8 Å². The molecule has 3 nitrogen and oxygen atoms in total. The van der Waals surface area contributed by atoms with Crippen molar-refractivity contribution in [1.82, 2.24) is 0 Å². The fourth-order valence-electron chi connectivity index (χ4n) is 3.18. The SMILES string of the molecule is CCCCCCOC(=O)Oc1cccc(-c2ccccc2)c1-c1ccccc1. The zero-order valence-electron chi connectivity index (χ0n) is 16.3. The van der Waals surface area contributed by atoms with E-state index in [9.17, 15) is 4.79 Å². The first-order chi connectivity index (χ1) is 13.8. The minimum Gasteiger partial charge on any atom is -0.434 e. The molecule has 3 heteroatoms. The zero-order chi connectivity index (χ0) is 19.6. The third-order valence-electron chi connectivity index (χ3n) is 4.58. The van der Waals surface area contributed by atoms with Crippen LogP contribution in [0.1, 0.15) is 32.6 Å². The van der Waals surface area contributed by atoms with E-state index in [0.29, 0.717) is 12.4 Å². The van der Waals surface area contributed by atoms with Gasteiger partial charge in [0.15, 0.2) is 0 Å². The molecule has 28 heavy (non-hydrogen) atoms. The van der Waals surface area contributed by atoms with Crippen LogP contribution in [0.4, 0.5) is 4.79 Å². The number of carbonyl (C=O) groups excluding carboxylic acids is 1. The first kappa shape index (κ1) is 19.7. The van der Waals surface area contributed by atoms with E-state index >= 15 is 0 Å². The second-order valence-corrected chi connectivity index (χ2v) is 6.67. The van der Waals surface area contributed by atoms with Gasteiger partial charge in [0.1, 0.15) is 5.75 Å². The van der Waals surface area contributed by atoms with E-state index in [1.165, 1.54) is 0 Å². The van der Waals surface area contributed by atoms with Gasteiger partial charge in [0, 0.05) is 5.56 Å². The van der Waals surface area contributed by atoms with Gasteiger partial charge in [0.05, 0.1) is 6.61 Å². The maximum absolute atomic E-state index is 12.2. The van der Waals surface area contributed by atoms with Gasteiger partial charge in [0.25, 0.3) is 0 Å². The number of hydrogen-bond donors (Lipinski definition) is 0. The summed E-state index contributed by atoms with van der Waals surface area (Å²) >= 11 is 0. The van der Waals surface area contributed by atoms with Crippen molar-refractivity contribution < 1.29 is 14.3 Å². The highest BCUT2D eigenvalue weighted by molar-refractivity contribution is 5.88. The van der Waals surface area contributed by atoms with E-state index in [-0.39, 0.29) is 0 Å². The Bertz CT molecular complexity index is 873. The summed E-state index contributed by atoms with van der Waals surface area (Å²) in [6.07, 6.45) is 3.56. The van der Waals surface area contributed by atoms with E-state index in [2.05, 4.69) is 19.1 Å². The molecule has 0 unspecified atom stereocenters. The van der Waals surface area contributed by atoms with Gasteiger partial charge >= 0.3 is 6.16 Å². The lowest BCUT2D eigenvalue weighted by atomic mass is 9.94. The Balaban J connectivity index is 1.86. The largest absolute Gasteiger partial charge is 0.513 e. The predicted octanol–water partition coefficient (Wildman–Crippen LogP) is 7.12. The molecule has 0 bridgehead atoms. The van der Waals surface area contributed by atoms with E-state index in [4.69, 9.17) is 9.47 Å². The number of rotatable bonds is 8. The fourth-order valence-corrected chi connectivity index (χ4v) is 3.18. The summed E-state index contributed by atoms with van der Waals surface area (Å²) in [5, 5.41) is 0. The third-order valence-corrected chi connectivity index (χ3v) is 4.58. The number of benzene rings is 3. The van der Waals surface area contributed by atoms with Crippen LogP contribution in [0.3, 0.4) is 0 Å². The average Bonchev–Trinajstić information content (AvgIpc) is 2.75. The highest BCUT2D eigenvalue weighted by Gasteiger charge is 2.16. The minimum absolute atomic E-state index is 0.387. The Labute approximate surface area is 166 Å². The number of hydrogen-bond acceptors (Lipinski definition) is 3. The zero-order valence-corrected chi connectivity index (χ0v) is 16.3. The molecule has 0 spiro atoms. The maximum Gasteiger partial charge on any atom is 0.513 e. The topological polar surface area (TPSA) is 35.5 Å². The predicted molar refractivity (Wildman–Crippen MR) is 113 cm³/mol. The van der Waals surface area contributed by atoms with Crippen molar-refractivity contribution in [2.24, 2.45) is 0 Å². The molecule has 3 aromatic rings. The summed E-state index contributed by atoms with van der Waals surface area (Å²) in [6, 6.07) is 25.8. The van der Waals surface area contributed by atoms with Crippen LogP contribution in [0.2, 0.25) is 0 Å². The fraction of sp³-hybridized carbons (Fsp3) is 0.240. The van der Waals surface area contributed by atoms with Gasteiger partial charge in [-0.1, -0.05) is 99.0 Å². The molecule has 3 aromatic carbocycles. The number of ether oxygens (including phenoxy) is 2. The van der Waals surface area contributed by atoms with E-state index < -0.39 is 6.16 Å². The van der Waals surface area contributed by atoms with Crippen LogP contribution in [-0.2, 0) is 4.74 Å². The lowest BCUT2D eigenvalue weighted by Crippen LogP contribution is -2.12. The van der Waals surface area contributed by atoms with Gasteiger partial charge < -0.3 is 9.47 Å². The quantitative estimate of drug-likeness (QED) is 0.239. The molecule has 0 radical (unpaired) electrons. The average molecular weight is 374 g/mol. The van der Waals surface area contributed by atoms with Gasteiger partial charge in [-0.2, -0.15) is 0 Å². The molecular weight excluding hydrogens is 348 g/mol. The normalized spacial score (nSPS) is 10.5. The summed E-state index contributed by atoms with van der Waals surface area (Å²) in [5.41, 5.74) is 3.96. The highest BCUT2D eigenvalue weighted by atomic mass is 16.7. The van der Waals surface area contributed by atoms with Crippen molar-refractivity contribution in [2.45, 2.75) is 32.6 Å². The Morgan fingerprint density at radius 2 is 1.43 bits per heavy atom. The molecule has 0 N–H and O–H groups in total. The summed E-state index contributed by atoms with van der Waals surface area (Å²) in [5.74, 6) is 0.506. The summed E-state index contributed by atoms with van der Waals surface area (Å²) < 4.78 is 10.9. The summed E-state index contributed by atoms with van der Waals surface area (Å²) in [6.45, 7) is 2.54. The van der Waals surface area contributed by atoms with Crippen LogP contribution in [0.15, 0.2) is 78.9 Å². The second-order valence-electron chi connectivity index (χ2n) is 6.67. The van der Waals surface area contributed by atoms with Gasteiger partial charge in [-0.3, -0.25) is 0 Å². The van der Waals surface area contributed by atoms with Crippen LogP contribution in [0, 0.1) is 0 Å². The van der Waals surface area contributed by atoms with Gasteiger partial charge in [-0.25, -0.2) is 4.79 Å². The first-order valence-electron chi connectivity index (χ1n) is 9.88. The van der Waals surface area contributed by atoms with Gasteiger partial charge in [-0.15, -0.1) is 0 Å². The lowest BCUT2D eigenvalue weighted by molar-refractivity contribution is 0.0975. The molecule has 0 aliphatic heterocycles. The van der Waals surface area contributed by atoms with Gasteiger partial charge in [0.2, 0.25) is 0 Å². The molecule has 0 atom stereocenters. The van der Waals surface area contributed by atoms with Crippen LogP contribution in [0.5, 0.6) is 5.75 Å². The van der Waals surface area contributed by atoms with E-state index in [1.54, 1.807) is 0 Å². The number of carbonyl (C=O) groups is 1. The van der Waals surface area contributed by atoms with E-state index in [1.807, 2.05) is 66.7 Å². The van der Waals surface area contributed by atoms with Crippen molar-refractivity contribution in [3.63, 3.8) is 0 Å². The first-order valence-corrected chi connectivity index (χ1v) is 9.88. The Kier molecular flexibility index (Phi) is 7.25. The second kappa shape index (κ2) is 10.3. The lowest BCUT2D eigenvalue weighted by Gasteiger charge is -2.15.